The van der Waals surface area contributed by atoms with Crippen LogP contribution in [0, 0.1) is 0 Å². The van der Waals surface area contributed by atoms with E-state index in [9.17, 15) is 14.4 Å². The van der Waals surface area contributed by atoms with Gasteiger partial charge in [0, 0.05) is 46.7 Å². The number of benzene rings is 3. The molecule has 176 valence electrons. The predicted molar refractivity (Wildman–Crippen MR) is 134 cm³/mol. The number of halogens is 1. The number of amides is 4. The van der Waals surface area contributed by atoms with Gasteiger partial charge in [0.05, 0.1) is 0 Å². The smallest absolute Gasteiger partial charge is 0.325 e. The van der Waals surface area contributed by atoms with Gasteiger partial charge < -0.3 is 15.2 Å². The molecule has 1 fully saturated rings. The van der Waals surface area contributed by atoms with Crippen molar-refractivity contribution in [2.75, 3.05) is 13.1 Å². The second-order valence-corrected chi connectivity index (χ2v) is 9.78. The highest BCUT2D eigenvalue weighted by molar-refractivity contribution is 6.31. The number of hydrogen-bond donors (Lipinski definition) is 2. The van der Waals surface area contributed by atoms with Crippen LogP contribution in [0.1, 0.15) is 23.7 Å². The average Bonchev–Trinajstić information content (AvgIpc) is 3.33. The Balaban J connectivity index is 1.23. The first kappa shape index (κ1) is 21.7. The van der Waals surface area contributed by atoms with Gasteiger partial charge in [-0.25, -0.2) is 4.79 Å². The molecule has 0 saturated carbocycles. The van der Waals surface area contributed by atoms with Crippen LogP contribution in [0.2, 0.25) is 5.02 Å². The lowest BCUT2D eigenvalue weighted by molar-refractivity contribution is -0.139. The van der Waals surface area contributed by atoms with Crippen molar-refractivity contribution in [1.29, 1.82) is 0 Å². The standard InChI is InChI=1S/C27H23ClN4O3/c1-27(18-7-6-16-4-2-3-5-17(16)12-18)25(34)32(26(35)30-27)15-24(33)31-11-10-23-21(14-31)20-13-19(28)8-9-22(20)29-23/h2-9,12-13,29H,10-11,14-15H2,1H3,(H,30,35). The topological polar surface area (TPSA) is 85.5 Å². The molecule has 1 atom stereocenters. The van der Waals surface area contributed by atoms with Gasteiger partial charge in [-0.3, -0.25) is 14.5 Å². The van der Waals surface area contributed by atoms with E-state index in [-0.39, 0.29) is 12.5 Å². The number of aromatic amines is 1. The third-order valence-corrected chi connectivity index (χ3v) is 7.42. The molecule has 1 saturated heterocycles. The van der Waals surface area contributed by atoms with E-state index in [4.69, 9.17) is 11.6 Å². The van der Waals surface area contributed by atoms with E-state index in [2.05, 4.69) is 10.3 Å². The Morgan fingerprint density at radius 3 is 2.69 bits per heavy atom. The van der Waals surface area contributed by atoms with Gasteiger partial charge in [0.25, 0.3) is 5.91 Å². The fourth-order valence-corrected chi connectivity index (χ4v) is 5.34. The van der Waals surface area contributed by atoms with Crippen LogP contribution < -0.4 is 5.32 Å². The van der Waals surface area contributed by atoms with Crippen LogP contribution in [0.25, 0.3) is 21.7 Å². The zero-order valence-corrected chi connectivity index (χ0v) is 19.9. The number of urea groups is 1. The molecule has 2 N–H and O–H groups in total. The van der Waals surface area contributed by atoms with E-state index >= 15 is 0 Å². The van der Waals surface area contributed by atoms with Gasteiger partial charge in [-0.05, 0) is 47.5 Å². The number of imide groups is 1. The molecule has 4 amide bonds. The normalized spacial score (nSPS) is 19.9. The van der Waals surface area contributed by atoms with Crippen molar-refractivity contribution in [2.45, 2.75) is 25.4 Å². The summed E-state index contributed by atoms with van der Waals surface area (Å²) >= 11 is 6.19. The number of H-pyrrole nitrogens is 1. The minimum atomic E-state index is -1.23. The van der Waals surface area contributed by atoms with Crippen molar-refractivity contribution in [2.24, 2.45) is 0 Å². The van der Waals surface area contributed by atoms with Crippen molar-refractivity contribution in [3.63, 3.8) is 0 Å². The third-order valence-electron chi connectivity index (χ3n) is 7.19. The van der Waals surface area contributed by atoms with Crippen LogP contribution in [0.3, 0.4) is 0 Å². The summed E-state index contributed by atoms with van der Waals surface area (Å²) in [5.41, 5.74) is 2.55. The Morgan fingerprint density at radius 2 is 1.86 bits per heavy atom. The Bertz CT molecular complexity index is 1540. The van der Waals surface area contributed by atoms with Gasteiger partial charge in [0.2, 0.25) is 5.91 Å². The maximum atomic E-state index is 13.4. The van der Waals surface area contributed by atoms with Gasteiger partial charge >= 0.3 is 6.03 Å². The first-order valence-corrected chi connectivity index (χ1v) is 11.9. The lowest BCUT2D eigenvalue weighted by Crippen LogP contribution is -2.45. The van der Waals surface area contributed by atoms with E-state index < -0.39 is 17.5 Å². The van der Waals surface area contributed by atoms with Crippen LogP contribution in [-0.2, 0) is 28.1 Å². The highest BCUT2D eigenvalue weighted by atomic mass is 35.5. The number of carbonyl (C=O) groups excluding carboxylic acids is 3. The summed E-state index contributed by atoms with van der Waals surface area (Å²) in [6.45, 7) is 2.30. The molecule has 35 heavy (non-hydrogen) atoms. The number of fused-ring (bicyclic) bond motifs is 4. The van der Waals surface area contributed by atoms with Gasteiger partial charge in [-0.1, -0.05) is 48.0 Å². The van der Waals surface area contributed by atoms with E-state index in [0.717, 1.165) is 37.8 Å². The minimum absolute atomic E-state index is 0.265. The third kappa shape index (κ3) is 3.46. The summed E-state index contributed by atoms with van der Waals surface area (Å²) in [7, 11) is 0. The van der Waals surface area contributed by atoms with Crippen LogP contribution in [0.4, 0.5) is 4.79 Å². The largest absolute Gasteiger partial charge is 0.358 e. The van der Waals surface area contributed by atoms with Crippen LogP contribution >= 0.6 is 11.6 Å². The van der Waals surface area contributed by atoms with Gasteiger partial charge in [0.1, 0.15) is 12.1 Å². The molecule has 0 spiro atoms. The molecule has 0 bridgehead atoms. The van der Waals surface area contributed by atoms with Crippen molar-refractivity contribution < 1.29 is 14.4 Å². The molecule has 2 aliphatic heterocycles. The van der Waals surface area contributed by atoms with E-state index in [1.54, 1.807) is 11.8 Å². The number of rotatable bonds is 3. The summed E-state index contributed by atoms with van der Waals surface area (Å²) in [6, 6.07) is 18.6. The van der Waals surface area contributed by atoms with Crippen molar-refractivity contribution in [1.82, 2.24) is 20.1 Å². The van der Waals surface area contributed by atoms with Gasteiger partial charge in [-0.15, -0.1) is 0 Å². The van der Waals surface area contributed by atoms with Crippen LogP contribution in [-0.4, -0.2) is 45.7 Å². The van der Waals surface area contributed by atoms with Gasteiger partial charge in [0.15, 0.2) is 0 Å². The van der Waals surface area contributed by atoms with Crippen LogP contribution in [0.5, 0.6) is 0 Å². The number of nitrogens with one attached hydrogen (secondary N) is 2. The fourth-order valence-electron chi connectivity index (χ4n) is 5.17. The van der Waals surface area contributed by atoms with Crippen molar-refractivity contribution >= 4 is 51.1 Å². The Hall–Kier alpha value is -3.84. The van der Waals surface area contributed by atoms with E-state index in [0.29, 0.717) is 30.1 Å². The molecule has 0 radical (unpaired) electrons. The first-order chi connectivity index (χ1) is 16.8. The molecule has 2 aliphatic rings. The Kier molecular flexibility index (Phi) is 4.86. The fraction of sp³-hybridized carbons (Fsp3) is 0.222. The van der Waals surface area contributed by atoms with Gasteiger partial charge in [-0.2, -0.15) is 0 Å². The summed E-state index contributed by atoms with van der Waals surface area (Å²) in [4.78, 5) is 45.6. The van der Waals surface area contributed by atoms with E-state index in [1.165, 1.54) is 0 Å². The molecule has 6 rings (SSSR count). The lowest BCUT2D eigenvalue weighted by atomic mass is 9.90. The SMILES string of the molecule is CC1(c2ccc3ccccc3c2)NC(=O)N(CC(=O)N2CCc3[nH]c4ccc(Cl)cc4c3C2)C1=O. The quantitative estimate of drug-likeness (QED) is 0.423. The molecular weight excluding hydrogens is 464 g/mol. The number of hydrogen-bond acceptors (Lipinski definition) is 3. The predicted octanol–water partition coefficient (Wildman–Crippen LogP) is 4.33. The Labute approximate surface area is 206 Å². The highest BCUT2D eigenvalue weighted by Crippen LogP contribution is 2.32. The molecule has 7 nitrogen and oxygen atoms in total. The summed E-state index contributed by atoms with van der Waals surface area (Å²) < 4.78 is 0. The zero-order chi connectivity index (χ0) is 24.3. The second-order valence-electron chi connectivity index (χ2n) is 9.35. The Morgan fingerprint density at radius 1 is 1.06 bits per heavy atom. The molecule has 8 heteroatoms. The zero-order valence-electron chi connectivity index (χ0n) is 19.1. The maximum Gasteiger partial charge on any atom is 0.325 e. The number of nitrogens with zero attached hydrogens (tertiary/aromatic N) is 2. The monoisotopic (exact) mass is 486 g/mol. The lowest BCUT2D eigenvalue weighted by Gasteiger charge is -2.29. The highest BCUT2D eigenvalue weighted by Gasteiger charge is 2.49. The summed E-state index contributed by atoms with van der Waals surface area (Å²) in [5, 5.41) is 6.46. The molecular formula is C27H23ClN4O3. The number of carbonyl (C=O) groups is 3. The minimum Gasteiger partial charge on any atom is -0.358 e. The first-order valence-electron chi connectivity index (χ1n) is 11.5. The number of aromatic nitrogens is 1. The molecule has 1 aromatic heterocycles. The summed E-state index contributed by atoms with van der Waals surface area (Å²) in [6.07, 6.45) is 0.669. The average molecular weight is 487 g/mol. The van der Waals surface area contributed by atoms with Crippen LogP contribution in [0.15, 0.2) is 60.7 Å². The van der Waals surface area contributed by atoms with Crippen molar-refractivity contribution in [3.8, 4) is 0 Å². The molecule has 4 aromatic rings. The van der Waals surface area contributed by atoms with E-state index in [1.807, 2.05) is 60.7 Å². The summed E-state index contributed by atoms with van der Waals surface area (Å²) in [5.74, 6) is -0.694. The second kappa shape index (κ2) is 7.85. The molecule has 0 aliphatic carbocycles. The van der Waals surface area contributed by atoms with Crippen molar-refractivity contribution in [3.05, 3.63) is 82.5 Å². The molecule has 3 aromatic carbocycles. The molecule has 3 heterocycles. The molecule has 1 unspecified atom stereocenters. The maximum absolute atomic E-state index is 13.4.